The van der Waals surface area contributed by atoms with Gasteiger partial charge in [-0.1, -0.05) is 18.2 Å². The Labute approximate surface area is 102 Å². The zero-order valence-electron chi connectivity index (χ0n) is 10.3. The zero-order valence-corrected chi connectivity index (χ0v) is 10.3. The number of ether oxygens (including phenoxy) is 1. The van der Waals surface area contributed by atoms with Crippen LogP contribution in [0.4, 0.5) is 4.39 Å². The first-order valence-electron chi connectivity index (χ1n) is 5.79. The second-order valence-electron chi connectivity index (χ2n) is 4.07. The molecule has 1 aromatic rings. The summed E-state index contributed by atoms with van der Waals surface area (Å²) in [7, 11) is 1.62. The van der Waals surface area contributed by atoms with E-state index in [1.54, 1.807) is 25.3 Å². The van der Waals surface area contributed by atoms with Crippen molar-refractivity contribution in [2.45, 2.75) is 25.4 Å². The van der Waals surface area contributed by atoms with Crippen LogP contribution in [0.1, 0.15) is 24.9 Å². The number of aliphatic hydroxyl groups is 1. The number of hydrogen-bond acceptors (Lipinski definition) is 3. The quantitative estimate of drug-likeness (QED) is 0.765. The van der Waals surface area contributed by atoms with Crippen LogP contribution in [0.3, 0.4) is 0 Å². The Hall–Kier alpha value is -0.970. The summed E-state index contributed by atoms with van der Waals surface area (Å²) >= 11 is 0. The van der Waals surface area contributed by atoms with Gasteiger partial charge in [0.15, 0.2) is 0 Å². The molecule has 2 atom stereocenters. The van der Waals surface area contributed by atoms with Crippen molar-refractivity contribution in [3.05, 3.63) is 35.6 Å². The second-order valence-corrected chi connectivity index (χ2v) is 4.07. The minimum atomic E-state index is -0.226. The van der Waals surface area contributed by atoms with Crippen molar-refractivity contribution in [3.8, 4) is 0 Å². The Balaban J connectivity index is 2.58. The van der Waals surface area contributed by atoms with E-state index in [0.29, 0.717) is 18.6 Å². The lowest BCUT2D eigenvalue weighted by Crippen LogP contribution is -2.35. The highest BCUT2D eigenvalue weighted by molar-refractivity contribution is 5.20. The van der Waals surface area contributed by atoms with Crippen LogP contribution in [0.2, 0.25) is 0 Å². The van der Waals surface area contributed by atoms with Gasteiger partial charge in [-0.3, -0.25) is 0 Å². The van der Waals surface area contributed by atoms with Gasteiger partial charge in [-0.15, -0.1) is 0 Å². The van der Waals surface area contributed by atoms with Crippen LogP contribution in [0.15, 0.2) is 24.3 Å². The summed E-state index contributed by atoms with van der Waals surface area (Å²) in [6.07, 6.45) is 0.700. The number of nitrogens with one attached hydrogen (secondary N) is 1. The Morgan fingerprint density at radius 3 is 2.71 bits per heavy atom. The number of aliphatic hydroxyl groups excluding tert-OH is 1. The minimum Gasteiger partial charge on any atom is -0.395 e. The van der Waals surface area contributed by atoms with E-state index in [0.717, 1.165) is 0 Å². The molecule has 0 saturated heterocycles. The maximum absolute atomic E-state index is 13.5. The van der Waals surface area contributed by atoms with Crippen LogP contribution < -0.4 is 5.32 Å². The highest BCUT2D eigenvalue weighted by atomic mass is 19.1. The van der Waals surface area contributed by atoms with Crippen LogP contribution in [-0.4, -0.2) is 31.5 Å². The topological polar surface area (TPSA) is 41.5 Å². The normalized spacial score (nSPS) is 14.6. The number of hydrogen-bond donors (Lipinski definition) is 2. The van der Waals surface area contributed by atoms with Crippen LogP contribution in [-0.2, 0) is 4.74 Å². The molecule has 2 N–H and O–H groups in total. The maximum Gasteiger partial charge on any atom is 0.127 e. The molecule has 0 aliphatic carbocycles. The summed E-state index contributed by atoms with van der Waals surface area (Å²) in [5.41, 5.74) is 0.614. The second kappa shape index (κ2) is 7.37. The van der Waals surface area contributed by atoms with Gasteiger partial charge in [-0.25, -0.2) is 4.39 Å². The molecule has 0 saturated carbocycles. The summed E-state index contributed by atoms with van der Waals surface area (Å²) in [6, 6.07) is 6.45. The Morgan fingerprint density at radius 2 is 2.12 bits per heavy atom. The summed E-state index contributed by atoms with van der Waals surface area (Å²) in [5.74, 6) is -0.226. The van der Waals surface area contributed by atoms with Gasteiger partial charge in [0.25, 0.3) is 0 Å². The van der Waals surface area contributed by atoms with Gasteiger partial charge in [0.1, 0.15) is 5.82 Å². The predicted octanol–water partition coefficient (Wildman–Crippen LogP) is 1.87. The first-order chi connectivity index (χ1) is 8.19. The largest absolute Gasteiger partial charge is 0.395 e. The lowest BCUT2D eigenvalue weighted by atomic mass is 10.1. The molecular weight excluding hydrogens is 221 g/mol. The molecule has 0 amide bonds. The Kier molecular flexibility index (Phi) is 6.11. The monoisotopic (exact) mass is 241 g/mol. The zero-order chi connectivity index (χ0) is 12.7. The van der Waals surface area contributed by atoms with Crippen molar-refractivity contribution in [1.29, 1.82) is 0 Å². The average Bonchev–Trinajstić information content (AvgIpc) is 2.34. The van der Waals surface area contributed by atoms with Crippen LogP contribution in [0, 0.1) is 5.82 Å². The lowest BCUT2D eigenvalue weighted by Gasteiger charge is -2.22. The van der Waals surface area contributed by atoms with E-state index in [-0.39, 0.29) is 24.5 Å². The average molecular weight is 241 g/mol. The predicted molar refractivity (Wildman–Crippen MR) is 65.3 cm³/mol. The van der Waals surface area contributed by atoms with E-state index >= 15 is 0 Å². The molecule has 0 bridgehead atoms. The van der Waals surface area contributed by atoms with E-state index in [1.807, 2.05) is 6.92 Å². The molecule has 0 spiro atoms. The van der Waals surface area contributed by atoms with Crippen LogP contribution >= 0.6 is 0 Å². The van der Waals surface area contributed by atoms with Crippen molar-refractivity contribution in [1.82, 2.24) is 5.32 Å². The highest BCUT2D eigenvalue weighted by Gasteiger charge is 2.14. The number of rotatable bonds is 7. The van der Waals surface area contributed by atoms with Gasteiger partial charge in [-0.2, -0.15) is 0 Å². The van der Waals surface area contributed by atoms with E-state index in [9.17, 15) is 9.50 Å². The lowest BCUT2D eigenvalue weighted by molar-refractivity contribution is 0.155. The summed E-state index contributed by atoms with van der Waals surface area (Å²) in [4.78, 5) is 0. The molecule has 96 valence electrons. The fraction of sp³-hybridized carbons (Fsp3) is 0.538. The van der Waals surface area contributed by atoms with Gasteiger partial charge in [0.2, 0.25) is 0 Å². The standard InChI is InChI=1S/C13H20FNO2/c1-10(12-5-3-4-6-13(12)14)15-11(9-16)7-8-17-2/h3-6,10-11,15-16H,7-9H2,1-2H3. The fourth-order valence-electron chi connectivity index (χ4n) is 1.76. The van der Waals surface area contributed by atoms with Crippen molar-refractivity contribution < 1.29 is 14.2 Å². The Bertz CT molecular complexity index is 333. The van der Waals surface area contributed by atoms with Crippen molar-refractivity contribution >= 4 is 0 Å². The molecule has 0 radical (unpaired) electrons. The SMILES string of the molecule is COCCC(CO)NC(C)c1ccccc1F. The fourth-order valence-corrected chi connectivity index (χ4v) is 1.76. The smallest absolute Gasteiger partial charge is 0.127 e. The molecule has 2 unspecified atom stereocenters. The van der Waals surface area contributed by atoms with E-state index in [1.165, 1.54) is 6.07 Å². The first kappa shape index (κ1) is 14.1. The van der Waals surface area contributed by atoms with Crippen LogP contribution in [0.25, 0.3) is 0 Å². The summed E-state index contributed by atoms with van der Waals surface area (Å²) in [5, 5.41) is 12.4. The van der Waals surface area contributed by atoms with E-state index in [2.05, 4.69) is 5.32 Å². The van der Waals surface area contributed by atoms with Gasteiger partial charge < -0.3 is 15.2 Å². The molecule has 1 rings (SSSR count). The van der Waals surface area contributed by atoms with E-state index in [4.69, 9.17) is 4.74 Å². The summed E-state index contributed by atoms with van der Waals surface area (Å²) in [6.45, 7) is 2.47. The van der Waals surface area contributed by atoms with Gasteiger partial charge in [-0.05, 0) is 19.4 Å². The molecule has 3 nitrogen and oxygen atoms in total. The molecule has 4 heteroatoms. The molecule has 0 aliphatic rings. The molecule has 0 heterocycles. The molecule has 1 aromatic carbocycles. The molecular formula is C13H20FNO2. The minimum absolute atomic E-state index is 0.0160. The molecule has 0 aliphatic heterocycles. The number of methoxy groups -OCH3 is 1. The highest BCUT2D eigenvalue weighted by Crippen LogP contribution is 2.16. The Morgan fingerprint density at radius 1 is 1.41 bits per heavy atom. The third-order valence-electron chi connectivity index (χ3n) is 2.75. The molecule has 17 heavy (non-hydrogen) atoms. The van der Waals surface area contributed by atoms with Crippen molar-refractivity contribution in [3.63, 3.8) is 0 Å². The van der Waals surface area contributed by atoms with Gasteiger partial charge >= 0.3 is 0 Å². The van der Waals surface area contributed by atoms with Crippen molar-refractivity contribution in [2.24, 2.45) is 0 Å². The third kappa shape index (κ3) is 4.42. The summed E-state index contributed by atoms with van der Waals surface area (Å²) < 4.78 is 18.5. The third-order valence-corrected chi connectivity index (χ3v) is 2.75. The van der Waals surface area contributed by atoms with Gasteiger partial charge in [0.05, 0.1) is 6.61 Å². The number of benzene rings is 1. The first-order valence-corrected chi connectivity index (χ1v) is 5.79. The van der Waals surface area contributed by atoms with E-state index < -0.39 is 0 Å². The molecule has 0 fully saturated rings. The van der Waals surface area contributed by atoms with Crippen LogP contribution in [0.5, 0.6) is 0 Å². The number of halogens is 1. The maximum atomic E-state index is 13.5. The van der Waals surface area contributed by atoms with Crippen molar-refractivity contribution in [2.75, 3.05) is 20.3 Å². The van der Waals surface area contributed by atoms with Gasteiger partial charge in [0, 0.05) is 31.4 Å². The molecule has 0 aromatic heterocycles.